The summed E-state index contributed by atoms with van der Waals surface area (Å²) in [4.78, 5) is 13.8. The van der Waals surface area contributed by atoms with Crippen LogP contribution in [0.5, 0.6) is 0 Å². The summed E-state index contributed by atoms with van der Waals surface area (Å²) in [6, 6.07) is 9.64. The molecule has 3 unspecified atom stereocenters. The minimum absolute atomic E-state index is 0.0911. The second kappa shape index (κ2) is 5.94. The zero-order valence-corrected chi connectivity index (χ0v) is 12.4. The molecule has 0 aromatic heterocycles. The molecule has 1 saturated heterocycles. The van der Waals surface area contributed by atoms with Crippen LogP contribution in [0.15, 0.2) is 30.3 Å². The van der Waals surface area contributed by atoms with Crippen LogP contribution < -0.4 is 0 Å². The van der Waals surface area contributed by atoms with Crippen molar-refractivity contribution in [3.8, 4) is 0 Å². The second-order valence-electron chi connectivity index (χ2n) is 5.94. The molecule has 1 fully saturated rings. The number of ether oxygens (including phenoxy) is 1. The van der Waals surface area contributed by atoms with E-state index in [2.05, 4.69) is 11.8 Å². The summed E-state index contributed by atoms with van der Waals surface area (Å²) in [5.41, 5.74) is -0.0133. The average molecular weight is 277 g/mol. The Morgan fingerprint density at radius 2 is 2.05 bits per heavy atom. The molecule has 2 rings (SSSR count). The van der Waals surface area contributed by atoms with Crippen LogP contribution in [0.3, 0.4) is 0 Å². The summed E-state index contributed by atoms with van der Waals surface area (Å²) in [5, 5.41) is 10.7. The third kappa shape index (κ3) is 3.19. The maximum atomic E-state index is 11.7. The van der Waals surface area contributed by atoms with Crippen molar-refractivity contribution in [1.82, 2.24) is 4.90 Å². The van der Waals surface area contributed by atoms with Crippen LogP contribution in [0, 0.1) is 11.8 Å². The van der Waals surface area contributed by atoms with Crippen LogP contribution in [0.25, 0.3) is 0 Å². The number of nitrogens with zero attached hydrogens (tertiary/aromatic N) is 1. The first-order valence-corrected chi connectivity index (χ1v) is 7.02. The summed E-state index contributed by atoms with van der Waals surface area (Å²) in [6.45, 7) is 5.85. The number of methoxy groups -OCH3 is 1. The number of rotatable bonds is 4. The third-order valence-corrected chi connectivity index (χ3v) is 4.12. The number of hydrogen-bond acceptors (Lipinski definition) is 4. The maximum Gasteiger partial charge on any atom is 0.310 e. The first-order valence-electron chi connectivity index (χ1n) is 7.02. The van der Waals surface area contributed by atoms with Crippen molar-refractivity contribution in [2.75, 3.05) is 26.7 Å². The van der Waals surface area contributed by atoms with E-state index in [1.54, 1.807) is 0 Å². The van der Waals surface area contributed by atoms with Crippen LogP contribution in [0.2, 0.25) is 0 Å². The predicted octanol–water partition coefficient (Wildman–Crippen LogP) is 1.64. The lowest BCUT2D eigenvalue weighted by molar-refractivity contribution is -0.146. The van der Waals surface area contributed by atoms with E-state index in [4.69, 9.17) is 4.74 Å². The molecule has 1 aliphatic heterocycles. The molecule has 4 nitrogen and oxygen atoms in total. The lowest BCUT2D eigenvalue weighted by atomic mass is 9.95. The van der Waals surface area contributed by atoms with Gasteiger partial charge in [0.2, 0.25) is 0 Å². The Hall–Kier alpha value is -1.39. The van der Waals surface area contributed by atoms with Gasteiger partial charge in [0.05, 0.1) is 18.6 Å². The Kier molecular flexibility index (Phi) is 4.45. The highest BCUT2D eigenvalue weighted by atomic mass is 16.5. The van der Waals surface area contributed by atoms with Gasteiger partial charge in [-0.15, -0.1) is 0 Å². The third-order valence-electron chi connectivity index (χ3n) is 4.12. The van der Waals surface area contributed by atoms with Crippen molar-refractivity contribution < 1.29 is 14.6 Å². The molecule has 4 heteroatoms. The Labute approximate surface area is 120 Å². The van der Waals surface area contributed by atoms with Crippen molar-refractivity contribution in [1.29, 1.82) is 0 Å². The fourth-order valence-electron chi connectivity index (χ4n) is 2.98. The van der Waals surface area contributed by atoms with E-state index in [-0.39, 0.29) is 17.8 Å². The SMILES string of the molecule is COC(=O)C1CN(CC(C)(O)c2ccccc2)CC1C. The smallest absolute Gasteiger partial charge is 0.310 e. The van der Waals surface area contributed by atoms with Crippen molar-refractivity contribution in [3.63, 3.8) is 0 Å². The van der Waals surface area contributed by atoms with Gasteiger partial charge in [-0.05, 0) is 18.4 Å². The number of esters is 1. The molecule has 20 heavy (non-hydrogen) atoms. The number of β-amino-alcohol motifs (C(OH)–C–C–N with tert-alkyl or cyclic N) is 1. The van der Waals surface area contributed by atoms with E-state index < -0.39 is 5.60 Å². The summed E-state index contributed by atoms with van der Waals surface area (Å²) in [6.07, 6.45) is 0. The number of benzene rings is 1. The number of carbonyl (C=O) groups is 1. The molecule has 0 spiro atoms. The first-order chi connectivity index (χ1) is 9.44. The van der Waals surface area contributed by atoms with Gasteiger partial charge < -0.3 is 9.84 Å². The monoisotopic (exact) mass is 277 g/mol. The molecule has 0 saturated carbocycles. The lowest BCUT2D eigenvalue weighted by Gasteiger charge is -2.29. The molecule has 1 N–H and O–H groups in total. The zero-order chi connectivity index (χ0) is 14.8. The van der Waals surface area contributed by atoms with Gasteiger partial charge in [0, 0.05) is 19.6 Å². The molecule has 110 valence electrons. The summed E-state index contributed by atoms with van der Waals surface area (Å²) < 4.78 is 4.84. The van der Waals surface area contributed by atoms with E-state index in [1.165, 1.54) is 7.11 Å². The lowest BCUT2D eigenvalue weighted by Crippen LogP contribution is -2.38. The van der Waals surface area contributed by atoms with Crippen LogP contribution in [-0.2, 0) is 15.1 Å². The van der Waals surface area contributed by atoms with Crippen molar-refractivity contribution >= 4 is 5.97 Å². The largest absolute Gasteiger partial charge is 0.469 e. The zero-order valence-electron chi connectivity index (χ0n) is 12.4. The molecule has 1 aliphatic rings. The quantitative estimate of drug-likeness (QED) is 0.850. The van der Waals surface area contributed by atoms with Crippen molar-refractivity contribution in [3.05, 3.63) is 35.9 Å². The summed E-state index contributed by atoms with van der Waals surface area (Å²) in [7, 11) is 1.43. The van der Waals surface area contributed by atoms with Gasteiger partial charge >= 0.3 is 5.97 Å². The van der Waals surface area contributed by atoms with Gasteiger partial charge in [-0.1, -0.05) is 37.3 Å². The molecule has 3 atom stereocenters. The summed E-state index contributed by atoms with van der Waals surface area (Å²) in [5.74, 6) is 0.0138. The van der Waals surface area contributed by atoms with Gasteiger partial charge in [0.25, 0.3) is 0 Å². The summed E-state index contributed by atoms with van der Waals surface area (Å²) >= 11 is 0. The van der Waals surface area contributed by atoms with Gasteiger partial charge in [-0.25, -0.2) is 0 Å². The highest BCUT2D eigenvalue weighted by Crippen LogP contribution is 2.28. The number of likely N-dealkylation sites (tertiary alicyclic amines) is 1. The highest BCUT2D eigenvalue weighted by Gasteiger charge is 2.38. The Morgan fingerprint density at radius 1 is 1.40 bits per heavy atom. The van der Waals surface area contributed by atoms with Crippen molar-refractivity contribution in [2.45, 2.75) is 19.4 Å². The van der Waals surface area contributed by atoms with Gasteiger partial charge in [-0.2, -0.15) is 0 Å². The van der Waals surface area contributed by atoms with E-state index in [1.807, 2.05) is 37.3 Å². The normalized spacial score (nSPS) is 26.2. The standard InChI is InChI=1S/C16H23NO3/c1-12-9-17(10-14(12)15(18)20-3)11-16(2,19)13-7-5-4-6-8-13/h4-8,12,14,19H,9-11H2,1-3H3. The molecule has 0 amide bonds. The second-order valence-corrected chi connectivity index (χ2v) is 5.94. The van der Waals surface area contributed by atoms with Crippen LogP contribution in [0.4, 0.5) is 0 Å². The first kappa shape index (κ1) is 15.0. The van der Waals surface area contributed by atoms with Crippen LogP contribution in [-0.4, -0.2) is 42.7 Å². The number of carbonyl (C=O) groups excluding carboxylic acids is 1. The molecular weight excluding hydrogens is 254 g/mol. The molecular formula is C16H23NO3. The molecule has 0 radical (unpaired) electrons. The number of aliphatic hydroxyl groups is 1. The minimum atomic E-state index is -0.911. The molecule has 1 aromatic rings. The van der Waals surface area contributed by atoms with Crippen LogP contribution in [0.1, 0.15) is 19.4 Å². The Balaban J connectivity index is 2.03. The van der Waals surface area contributed by atoms with E-state index in [9.17, 15) is 9.90 Å². The van der Waals surface area contributed by atoms with E-state index in [0.717, 1.165) is 12.1 Å². The fourth-order valence-corrected chi connectivity index (χ4v) is 2.98. The highest BCUT2D eigenvalue weighted by molar-refractivity contribution is 5.73. The van der Waals surface area contributed by atoms with Crippen molar-refractivity contribution in [2.24, 2.45) is 11.8 Å². The van der Waals surface area contributed by atoms with Gasteiger partial charge in [-0.3, -0.25) is 9.69 Å². The van der Waals surface area contributed by atoms with Gasteiger partial charge in [0.15, 0.2) is 0 Å². The Morgan fingerprint density at radius 3 is 2.65 bits per heavy atom. The minimum Gasteiger partial charge on any atom is -0.469 e. The topological polar surface area (TPSA) is 49.8 Å². The van der Waals surface area contributed by atoms with Gasteiger partial charge in [0.1, 0.15) is 0 Å². The van der Waals surface area contributed by atoms with Crippen LogP contribution >= 0.6 is 0 Å². The maximum absolute atomic E-state index is 11.7. The number of hydrogen-bond donors (Lipinski definition) is 1. The molecule has 1 aromatic carbocycles. The molecule has 1 heterocycles. The predicted molar refractivity (Wildman–Crippen MR) is 77.1 cm³/mol. The fraction of sp³-hybridized carbons (Fsp3) is 0.562. The molecule has 0 bridgehead atoms. The average Bonchev–Trinajstić information content (AvgIpc) is 2.79. The van der Waals surface area contributed by atoms with E-state index >= 15 is 0 Å². The Bertz CT molecular complexity index is 458. The van der Waals surface area contributed by atoms with E-state index in [0.29, 0.717) is 13.1 Å². The molecule has 0 aliphatic carbocycles.